The standard InChI is InChI=1S/C15H22N2O4/c1-3-17(4-2)9-12-6-5-7-13(8-12)16-14(18)10-21-11-15(19)20/h5-8H,3-4,9-11H2,1-2H3,(H,16,18)(H,19,20). The molecule has 0 aliphatic heterocycles. The van der Waals surface area contributed by atoms with E-state index in [1.165, 1.54) is 0 Å². The van der Waals surface area contributed by atoms with E-state index < -0.39 is 12.6 Å². The molecule has 0 spiro atoms. The van der Waals surface area contributed by atoms with E-state index in [1.807, 2.05) is 18.2 Å². The van der Waals surface area contributed by atoms with Crippen molar-refractivity contribution in [3.05, 3.63) is 29.8 Å². The van der Waals surface area contributed by atoms with E-state index in [-0.39, 0.29) is 12.5 Å². The van der Waals surface area contributed by atoms with E-state index in [9.17, 15) is 9.59 Å². The second-order valence-corrected chi connectivity index (χ2v) is 4.60. The molecular formula is C15H22N2O4. The zero-order chi connectivity index (χ0) is 15.7. The van der Waals surface area contributed by atoms with Gasteiger partial charge in [-0.25, -0.2) is 4.79 Å². The van der Waals surface area contributed by atoms with Crippen molar-refractivity contribution < 1.29 is 19.4 Å². The lowest BCUT2D eigenvalue weighted by atomic mass is 10.2. The van der Waals surface area contributed by atoms with E-state index >= 15 is 0 Å². The van der Waals surface area contributed by atoms with Crippen LogP contribution in [-0.4, -0.2) is 48.2 Å². The maximum Gasteiger partial charge on any atom is 0.329 e. The first-order valence-corrected chi connectivity index (χ1v) is 6.95. The fraction of sp³-hybridized carbons (Fsp3) is 0.467. The van der Waals surface area contributed by atoms with E-state index in [0.717, 1.165) is 25.2 Å². The second-order valence-electron chi connectivity index (χ2n) is 4.60. The molecule has 0 unspecified atom stereocenters. The molecule has 21 heavy (non-hydrogen) atoms. The molecule has 6 nitrogen and oxygen atoms in total. The van der Waals surface area contributed by atoms with Gasteiger partial charge in [-0.05, 0) is 30.8 Å². The smallest absolute Gasteiger partial charge is 0.329 e. The van der Waals surface area contributed by atoms with Gasteiger partial charge in [-0.1, -0.05) is 26.0 Å². The van der Waals surface area contributed by atoms with Crippen molar-refractivity contribution in [3.63, 3.8) is 0 Å². The maximum atomic E-state index is 11.6. The molecule has 2 N–H and O–H groups in total. The molecule has 1 rings (SSSR count). The zero-order valence-corrected chi connectivity index (χ0v) is 12.5. The van der Waals surface area contributed by atoms with Crippen molar-refractivity contribution in [1.29, 1.82) is 0 Å². The Kier molecular flexibility index (Phi) is 7.42. The third-order valence-electron chi connectivity index (χ3n) is 2.97. The number of benzene rings is 1. The minimum Gasteiger partial charge on any atom is -0.480 e. The molecule has 1 aromatic carbocycles. The number of anilines is 1. The number of amides is 1. The summed E-state index contributed by atoms with van der Waals surface area (Å²) in [4.78, 5) is 24.2. The topological polar surface area (TPSA) is 78.9 Å². The average Bonchev–Trinajstić information content (AvgIpc) is 2.44. The molecule has 0 aromatic heterocycles. The number of carbonyl (C=O) groups is 2. The predicted molar refractivity (Wildman–Crippen MR) is 80.2 cm³/mol. The molecule has 0 radical (unpaired) electrons. The van der Waals surface area contributed by atoms with Gasteiger partial charge in [0.25, 0.3) is 0 Å². The highest BCUT2D eigenvalue weighted by atomic mass is 16.5. The monoisotopic (exact) mass is 294 g/mol. The molecule has 0 saturated heterocycles. The Bertz CT molecular complexity index is 472. The van der Waals surface area contributed by atoms with Crippen LogP contribution in [0.1, 0.15) is 19.4 Å². The van der Waals surface area contributed by atoms with Crippen molar-refractivity contribution in [2.45, 2.75) is 20.4 Å². The number of ether oxygens (including phenoxy) is 1. The van der Waals surface area contributed by atoms with Gasteiger partial charge in [0.05, 0.1) is 0 Å². The predicted octanol–water partition coefficient (Wildman–Crippen LogP) is 1.57. The van der Waals surface area contributed by atoms with Crippen LogP contribution >= 0.6 is 0 Å². The molecule has 1 aromatic rings. The van der Waals surface area contributed by atoms with Crippen LogP contribution in [0.15, 0.2) is 24.3 Å². The average molecular weight is 294 g/mol. The SMILES string of the molecule is CCN(CC)Cc1cccc(NC(=O)COCC(=O)O)c1. The van der Waals surface area contributed by atoms with Crippen molar-refractivity contribution in [2.24, 2.45) is 0 Å². The molecular weight excluding hydrogens is 272 g/mol. The highest BCUT2D eigenvalue weighted by Gasteiger charge is 2.06. The van der Waals surface area contributed by atoms with E-state index in [0.29, 0.717) is 5.69 Å². The molecule has 0 aliphatic carbocycles. The summed E-state index contributed by atoms with van der Waals surface area (Å²) in [7, 11) is 0. The van der Waals surface area contributed by atoms with Crippen molar-refractivity contribution >= 4 is 17.6 Å². The molecule has 6 heteroatoms. The van der Waals surface area contributed by atoms with Gasteiger partial charge in [0, 0.05) is 12.2 Å². The van der Waals surface area contributed by atoms with Gasteiger partial charge in [0.1, 0.15) is 13.2 Å². The Hall–Kier alpha value is -1.92. The number of rotatable bonds is 9. The molecule has 1 amide bonds. The molecule has 0 aliphatic rings. The van der Waals surface area contributed by atoms with Gasteiger partial charge < -0.3 is 15.2 Å². The Labute approximate surface area is 124 Å². The first kappa shape index (κ1) is 17.1. The summed E-state index contributed by atoms with van der Waals surface area (Å²) in [5, 5.41) is 11.1. The fourth-order valence-electron chi connectivity index (χ4n) is 1.88. The van der Waals surface area contributed by atoms with Crippen molar-refractivity contribution in [2.75, 3.05) is 31.6 Å². The maximum absolute atomic E-state index is 11.6. The molecule has 0 saturated carbocycles. The number of hydrogen-bond acceptors (Lipinski definition) is 4. The van der Waals surface area contributed by atoms with Gasteiger partial charge in [-0.15, -0.1) is 0 Å². The van der Waals surface area contributed by atoms with Crippen LogP contribution in [-0.2, 0) is 20.9 Å². The van der Waals surface area contributed by atoms with Gasteiger partial charge in [-0.3, -0.25) is 9.69 Å². The quantitative estimate of drug-likeness (QED) is 0.722. The second kappa shape index (κ2) is 9.10. The number of carboxylic acid groups (broad SMARTS) is 1. The normalized spacial score (nSPS) is 10.6. The Morgan fingerprint density at radius 3 is 2.57 bits per heavy atom. The lowest BCUT2D eigenvalue weighted by Gasteiger charge is -2.18. The molecule has 0 heterocycles. The van der Waals surface area contributed by atoms with Crippen LogP contribution in [0.2, 0.25) is 0 Å². The number of carboxylic acids is 1. The zero-order valence-electron chi connectivity index (χ0n) is 12.5. The van der Waals surface area contributed by atoms with Crippen LogP contribution < -0.4 is 5.32 Å². The van der Waals surface area contributed by atoms with Gasteiger partial charge >= 0.3 is 5.97 Å². The summed E-state index contributed by atoms with van der Waals surface area (Å²) >= 11 is 0. The first-order valence-electron chi connectivity index (χ1n) is 6.95. The molecule has 0 fully saturated rings. The summed E-state index contributed by atoms with van der Waals surface area (Å²) < 4.78 is 4.74. The largest absolute Gasteiger partial charge is 0.480 e. The van der Waals surface area contributed by atoms with Crippen molar-refractivity contribution in [3.8, 4) is 0 Å². The lowest BCUT2D eigenvalue weighted by Crippen LogP contribution is -2.22. The minimum atomic E-state index is -1.09. The number of hydrogen-bond donors (Lipinski definition) is 2. The van der Waals surface area contributed by atoms with E-state index in [1.54, 1.807) is 6.07 Å². The number of carbonyl (C=O) groups excluding carboxylic acids is 1. The highest BCUT2D eigenvalue weighted by molar-refractivity contribution is 5.91. The van der Waals surface area contributed by atoms with Crippen LogP contribution in [0, 0.1) is 0 Å². The summed E-state index contributed by atoms with van der Waals surface area (Å²) in [6, 6.07) is 7.59. The molecule has 116 valence electrons. The van der Waals surface area contributed by atoms with Gasteiger partial charge in [0.15, 0.2) is 0 Å². The van der Waals surface area contributed by atoms with Crippen LogP contribution in [0.5, 0.6) is 0 Å². The number of nitrogens with zero attached hydrogens (tertiary/aromatic N) is 1. The summed E-state index contributed by atoms with van der Waals surface area (Å²) in [6.07, 6.45) is 0. The number of aliphatic carboxylic acids is 1. The van der Waals surface area contributed by atoms with Crippen LogP contribution in [0.4, 0.5) is 5.69 Å². The molecule has 0 atom stereocenters. The van der Waals surface area contributed by atoms with Crippen LogP contribution in [0.3, 0.4) is 0 Å². The first-order chi connectivity index (χ1) is 10.0. The van der Waals surface area contributed by atoms with Gasteiger partial charge in [-0.2, -0.15) is 0 Å². The highest BCUT2D eigenvalue weighted by Crippen LogP contribution is 2.12. The third kappa shape index (κ3) is 6.87. The van der Waals surface area contributed by atoms with E-state index in [4.69, 9.17) is 9.84 Å². The summed E-state index contributed by atoms with van der Waals surface area (Å²) in [6.45, 7) is 6.23. The van der Waals surface area contributed by atoms with E-state index in [2.05, 4.69) is 24.1 Å². The molecule has 0 bridgehead atoms. The number of nitrogens with one attached hydrogen (secondary N) is 1. The Morgan fingerprint density at radius 1 is 1.24 bits per heavy atom. The minimum absolute atomic E-state index is 0.271. The summed E-state index contributed by atoms with van der Waals surface area (Å²) in [5.41, 5.74) is 1.80. The van der Waals surface area contributed by atoms with Crippen molar-refractivity contribution in [1.82, 2.24) is 4.90 Å². The lowest BCUT2D eigenvalue weighted by molar-refractivity contribution is -0.143. The third-order valence-corrected chi connectivity index (χ3v) is 2.97. The Balaban J connectivity index is 2.51. The van der Waals surface area contributed by atoms with Gasteiger partial charge in [0.2, 0.25) is 5.91 Å². The summed E-state index contributed by atoms with van der Waals surface area (Å²) in [5.74, 6) is -1.46. The van der Waals surface area contributed by atoms with Crippen LogP contribution in [0.25, 0.3) is 0 Å². The fourth-order valence-corrected chi connectivity index (χ4v) is 1.88. The Morgan fingerprint density at radius 2 is 1.95 bits per heavy atom.